The Bertz CT molecular complexity index is 811. The molecule has 0 aromatic heterocycles. The summed E-state index contributed by atoms with van der Waals surface area (Å²) in [5, 5.41) is 11.7. The highest BCUT2D eigenvalue weighted by Crippen LogP contribution is 2.34. The molecule has 2 aromatic carbocycles. The van der Waals surface area contributed by atoms with E-state index in [4.69, 9.17) is 0 Å². The SMILES string of the molecule is Cc1cc(NC(=O)c2ccc(C(F)(F)F)cc2O)cc(C(F)(F)F)c1. The van der Waals surface area contributed by atoms with Crippen molar-refractivity contribution >= 4 is 11.6 Å². The number of hydrogen-bond donors (Lipinski definition) is 2. The first-order valence-electron chi connectivity index (χ1n) is 6.78. The lowest BCUT2D eigenvalue weighted by Crippen LogP contribution is -2.14. The van der Waals surface area contributed by atoms with Gasteiger partial charge in [0, 0.05) is 5.69 Å². The summed E-state index contributed by atoms with van der Waals surface area (Å²) in [6.07, 6.45) is -9.33. The lowest BCUT2D eigenvalue weighted by molar-refractivity contribution is -0.138. The number of anilines is 1. The van der Waals surface area contributed by atoms with Gasteiger partial charge in [-0.25, -0.2) is 0 Å². The number of rotatable bonds is 2. The van der Waals surface area contributed by atoms with Crippen LogP contribution in [0.25, 0.3) is 0 Å². The Balaban J connectivity index is 2.30. The molecule has 0 heterocycles. The zero-order chi connectivity index (χ0) is 19.0. The number of alkyl halides is 6. The smallest absolute Gasteiger partial charge is 0.416 e. The third-order valence-corrected chi connectivity index (χ3v) is 3.23. The minimum atomic E-state index is -4.70. The van der Waals surface area contributed by atoms with E-state index < -0.39 is 40.7 Å². The van der Waals surface area contributed by atoms with E-state index in [1.165, 1.54) is 13.0 Å². The number of carbonyl (C=O) groups is 1. The molecule has 0 aliphatic carbocycles. The average molecular weight is 363 g/mol. The molecule has 0 fully saturated rings. The van der Waals surface area contributed by atoms with Crippen molar-refractivity contribution in [1.82, 2.24) is 0 Å². The fourth-order valence-electron chi connectivity index (χ4n) is 2.12. The molecule has 3 nitrogen and oxygen atoms in total. The molecule has 9 heteroatoms. The van der Waals surface area contributed by atoms with Gasteiger partial charge in [0.15, 0.2) is 0 Å². The predicted octanol–water partition coefficient (Wildman–Crippen LogP) is 4.99. The maximum Gasteiger partial charge on any atom is 0.416 e. The molecular weight excluding hydrogens is 352 g/mol. The summed E-state index contributed by atoms with van der Waals surface area (Å²) >= 11 is 0. The number of aromatic hydroxyl groups is 1. The van der Waals surface area contributed by atoms with Crippen LogP contribution in [0.2, 0.25) is 0 Å². The van der Waals surface area contributed by atoms with Gasteiger partial charge in [-0.1, -0.05) is 0 Å². The number of benzene rings is 2. The van der Waals surface area contributed by atoms with E-state index in [-0.39, 0.29) is 11.3 Å². The number of hydrogen-bond acceptors (Lipinski definition) is 2. The number of carbonyl (C=O) groups excluding carboxylic acids is 1. The van der Waals surface area contributed by atoms with Gasteiger partial charge in [-0.15, -0.1) is 0 Å². The van der Waals surface area contributed by atoms with Crippen LogP contribution in [0, 0.1) is 6.92 Å². The summed E-state index contributed by atoms with van der Waals surface area (Å²) in [6, 6.07) is 4.53. The number of amides is 1. The molecule has 0 aliphatic rings. The lowest BCUT2D eigenvalue weighted by atomic mass is 10.1. The second-order valence-corrected chi connectivity index (χ2v) is 5.27. The molecule has 25 heavy (non-hydrogen) atoms. The number of nitrogens with one attached hydrogen (secondary N) is 1. The van der Waals surface area contributed by atoms with Crippen LogP contribution in [0.4, 0.5) is 32.0 Å². The summed E-state index contributed by atoms with van der Waals surface area (Å²) < 4.78 is 75.9. The Hall–Kier alpha value is -2.71. The molecule has 1 amide bonds. The van der Waals surface area contributed by atoms with Gasteiger partial charge >= 0.3 is 12.4 Å². The van der Waals surface area contributed by atoms with E-state index in [1.54, 1.807) is 0 Å². The highest BCUT2D eigenvalue weighted by atomic mass is 19.4. The second kappa shape index (κ2) is 6.30. The molecule has 0 saturated carbocycles. The van der Waals surface area contributed by atoms with Crippen molar-refractivity contribution in [3.8, 4) is 5.75 Å². The molecule has 0 radical (unpaired) electrons. The van der Waals surface area contributed by atoms with Crippen molar-refractivity contribution in [3.63, 3.8) is 0 Å². The van der Waals surface area contributed by atoms with Crippen molar-refractivity contribution < 1.29 is 36.2 Å². The molecule has 2 N–H and O–H groups in total. The molecule has 0 spiro atoms. The third-order valence-electron chi connectivity index (χ3n) is 3.23. The third kappa shape index (κ3) is 4.43. The monoisotopic (exact) mass is 363 g/mol. The van der Waals surface area contributed by atoms with Gasteiger partial charge in [0.05, 0.1) is 16.7 Å². The van der Waals surface area contributed by atoms with Gasteiger partial charge in [-0.2, -0.15) is 26.3 Å². The Morgan fingerprint density at radius 1 is 0.920 bits per heavy atom. The van der Waals surface area contributed by atoms with E-state index in [1.807, 2.05) is 0 Å². The normalized spacial score (nSPS) is 12.1. The first-order valence-corrected chi connectivity index (χ1v) is 6.78. The first-order chi connectivity index (χ1) is 11.4. The van der Waals surface area contributed by atoms with Crippen molar-refractivity contribution in [3.05, 3.63) is 58.7 Å². The molecule has 0 unspecified atom stereocenters. The van der Waals surface area contributed by atoms with Crippen LogP contribution in [0.3, 0.4) is 0 Å². The topological polar surface area (TPSA) is 49.3 Å². The fourth-order valence-corrected chi connectivity index (χ4v) is 2.12. The van der Waals surface area contributed by atoms with E-state index in [2.05, 4.69) is 5.32 Å². The van der Waals surface area contributed by atoms with Crippen LogP contribution in [0.1, 0.15) is 27.0 Å². The van der Waals surface area contributed by atoms with E-state index in [0.29, 0.717) is 18.2 Å². The highest BCUT2D eigenvalue weighted by Gasteiger charge is 2.32. The van der Waals surface area contributed by atoms with Crippen LogP contribution in [-0.4, -0.2) is 11.0 Å². The first kappa shape index (κ1) is 18.6. The van der Waals surface area contributed by atoms with Gasteiger partial charge < -0.3 is 10.4 Å². The Morgan fingerprint density at radius 2 is 1.52 bits per heavy atom. The van der Waals surface area contributed by atoms with Crippen molar-refractivity contribution in [2.24, 2.45) is 0 Å². The average Bonchev–Trinajstić information content (AvgIpc) is 2.44. The van der Waals surface area contributed by atoms with Gasteiger partial charge in [-0.05, 0) is 48.9 Å². The van der Waals surface area contributed by atoms with E-state index in [9.17, 15) is 36.2 Å². The van der Waals surface area contributed by atoms with Crippen LogP contribution in [0.5, 0.6) is 5.75 Å². The summed E-state index contributed by atoms with van der Waals surface area (Å²) in [5.74, 6) is -1.97. The lowest BCUT2D eigenvalue weighted by Gasteiger charge is -2.13. The second-order valence-electron chi connectivity index (χ2n) is 5.27. The molecular formula is C16H11F6NO2. The van der Waals surface area contributed by atoms with Crippen LogP contribution in [-0.2, 0) is 12.4 Å². The van der Waals surface area contributed by atoms with Gasteiger partial charge in [0.25, 0.3) is 5.91 Å². The molecule has 0 aliphatic heterocycles. The van der Waals surface area contributed by atoms with Crippen molar-refractivity contribution in [2.45, 2.75) is 19.3 Å². The van der Waals surface area contributed by atoms with E-state index >= 15 is 0 Å². The van der Waals surface area contributed by atoms with Crippen molar-refractivity contribution in [1.29, 1.82) is 0 Å². The van der Waals surface area contributed by atoms with Crippen molar-refractivity contribution in [2.75, 3.05) is 5.32 Å². The molecule has 0 saturated heterocycles. The van der Waals surface area contributed by atoms with Gasteiger partial charge in [-0.3, -0.25) is 4.79 Å². The maximum atomic E-state index is 12.8. The minimum Gasteiger partial charge on any atom is -0.507 e. The summed E-state index contributed by atoms with van der Waals surface area (Å²) in [7, 11) is 0. The highest BCUT2D eigenvalue weighted by molar-refractivity contribution is 6.06. The largest absolute Gasteiger partial charge is 0.507 e. The van der Waals surface area contributed by atoms with Crippen LogP contribution >= 0.6 is 0 Å². The Kier molecular flexibility index (Phi) is 4.70. The molecule has 0 atom stereocenters. The van der Waals surface area contributed by atoms with Crippen LogP contribution in [0.15, 0.2) is 36.4 Å². The number of phenolic OH excluding ortho intramolecular Hbond substituents is 1. The van der Waals surface area contributed by atoms with Gasteiger partial charge in [0.1, 0.15) is 5.75 Å². The molecule has 134 valence electrons. The standard InChI is InChI=1S/C16H11F6NO2/c1-8-4-10(16(20,21)22)6-11(5-8)23-14(25)12-3-2-9(7-13(12)24)15(17,18)19/h2-7,24H,1H3,(H,23,25). The quantitative estimate of drug-likeness (QED) is 0.739. The minimum absolute atomic E-state index is 0.198. The molecule has 2 rings (SSSR count). The maximum absolute atomic E-state index is 12.8. The number of aryl methyl sites for hydroxylation is 1. The summed E-state index contributed by atoms with van der Waals surface area (Å²) in [4.78, 5) is 12.0. The Labute approximate surface area is 137 Å². The van der Waals surface area contributed by atoms with Crippen LogP contribution < -0.4 is 5.32 Å². The Morgan fingerprint density at radius 3 is 2.04 bits per heavy atom. The zero-order valence-corrected chi connectivity index (χ0v) is 12.6. The number of halogens is 6. The fraction of sp³-hybridized carbons (Fsp3) is 0.188. The summed E-state index contributed by atoms with van der Waals surface area (Å²) in [5.41, 5.74) is -2.61. The predicted molar refractivity (Wildman–Crippen MR) is 77.2 cm³/mol. The zero-order valence-electron chi connectivity index (χ0n) is 12.6. The number of phenols is 1. The summed E-state index contributed by atoms with van der Waals surface area (Å²) in [6.45, 7) is 1.39. The molecule has 0 bridgehead atoms. The van der Waals surface area contributed by atoms with Gasteiger partial charge in [0.2, 0.25) is 0 Å². The molecule has 2 aromatic rings. The van der Waals surface area contributed by atoms with E-state index in [0.717, 1.165) is 12.1 Å².